The van der Waals surface area contributed by atoms with Crippen molar-refractivity contribution in [2.24, 2.45) is 5.73 Å². The summed E-state index contributed by atoms with van der Waals surface area (Å²) in [5.41, 5.74) is 6.49. The van der Waals surface area contributed by atoms with E-state index in [9.17, 15) is 14.0 Å². The van der Waals surface area contributed by atoms with Crippen LogP contribution in [0.1, 0.15) is 22.3 Å². The number of hydrogen-bond acceptors (Lipinski definition) is 4. The van der Waals surface area contributed by atoms with Crippen LogP contribution in [0.2, 0.25) is 0 Å². The molecule has 24 heavy (non-hydrogen) atoms. The first kappa shape index (κ1) is 15.9. The Hall–Kier alpha value is -2.96. The lowest BCUT2D eigenvalue weighted by molar-refractivity contribution is -0.128. The summed E-state index contributed by atoms with van der Waals surface area (Å²) in [6.07, 6.45) is 1.86. The molecular formula is C17H17FN4O2. The number of nitrogens with one attached hydrogen (secondary N) is 1. The second-order valence-electron chi connectivity index (χ2n) is 5.71. The van der Waals surface area contributed by atoms with Crippen LogP contribution < -0.4 is 11.1 Å². The predicted octanol–water partition coefficient (Wildman–Crippen LogP) is 1.53. The average molecular weight is 328 g/mol. The maximum Gasteiger partial charge on any atom is 0.252 e. The van der Waals surface area contributed by atoms with Crippen molar-refractivity contribution >= 4 is 17.6 Å². The van der Waals surface area contributed by atoms with Crippen molar-refractivity contribution in [3.63, 3.8) is 0 Å². The Bertz CT molecular complexity index is 763. The molecule has 0 radical (unpaired) electrons. The zero-order valence-electron chi connectivity index (χ0n) is 12.9. The quantitative estimate of drug-likeness (QED) is 0.871. The molecule has 1 aromatic carbocycles. The average Bonchev–Trinajstić information content (AvgIpc) is 2.89. The molecule has 0 bridgehead atoms. The second-order valence-corrected chi connectivity index (χ2v) is 5.71. The smallest absolute Gasteiger partial charge is 0.252 e. The van der Waals surface area contributed by atoms with Gasteiger partial charge in [-0.05, 0) is 29.8 Å². The molecule has 1 aliphatic heterocycles. The van der Waals surface area contributed by atoms with Gasteiger partial charge in [0.1, 0.15) is 11.6 Å². The van der Waals surface area contributed by atoms with Gasteiger partial charge >= 0.3 is 0 Å². The number of halogens is 1. The molecule has 1 fully saturated rings. The molecule has 1 atom stereocenters. The van der Waals surface area contributed by atoms with Crippen molar-refractivity contribution in [3.05, 3.63) is 59.5 Å². The minimum absolute atomic E-state index is 0.00613. The van der Waals surface area contributed by atoms with Crippen LogP contribution in [0.4, 0.5) is 10.2 Å². The van der Waals surface area contributed by atoms with E-state index in [4.69, 9.17) is 5.73 Å². The van der Waals surface area contributed by atoms with Crippen molar-refractivity contribution in [3.8, 4) is 0 Å². The lowest BCUT2D eigenvalue weighted by atomic mass is 10.2. The van der Waals surface area contributed by atoms with Gasteiger partial charge in [0.25, 0.3) is 5.91 Å². The van der Waals surface area contributed by atoms with Gasteiger partial charge in [-0.2, -0.15) is 0 Å². The Balaban J connectivity index is 1.67. The van der Waals surface area contributed by atoms with Gasteiger partial charge in [0, 0.05) is 25.7 Å². The van der Waals surface area contributed by atoms with Crippen molar-refractivity contribution in [2.45, 2.75) is 19.0 Å². The number of hydrogen-bond donors (Lipinski definition) is 2. The number of benzene rings is 1. The highest BCUT2D eigenvalue weighted by atomic mass is 19.1. The molecular weight excluding hydrogens is 311 g/mol. The minimum atomic E-state index is -0.571. The fraction of sp³-hybridized carbons (Fsp3) is 0.235. The zero-order chi connectivity index (χ0) is 17.1. The normalized spacial score (nSPS) is 17.1. The molecule has 124 valence electrons. The van der Waals surface area contributed by atoms with Gasteiger partial charge in [0.15, 0.2) is 0 Å². The Kier molecular flexibility index (Phi) is 4.41. The van der Waals surface area contributed by atoms with Crippen molar-refractivity contribution in [2.75, 3.05) is 11.9 Å². The number of likely N-dealkylation sites (tertiary alicyclic amines) is 1. The molecule has 0 aliphatic carbocycles. The van der Waals surface area contributed by atoms with E-state index < -0.39 is 5.91 Å². The highest BCUT2D eigenvalue weighted by molar-refractivity contribution is 5.97. The molecule has 1 unspecified atom stereocenters. The van der Waals surface area contributed by atoms with E-state index in [0.29, 0.717) is 30.9 Å². The zero-order valence-corrected chi connectivity index (χ0v) is 12.9. The molecule has 2 aromatic rings. The van der Waals surface area contributed by atoms with E-state index in [1.54, 1.807) is 35.4 Å². The van der Waals surface area contributed by atoms with E-state index in [1.807, 2.05) is 0 Å². The van der Waals surface area contributed by atoms with Crippen LogP contribution >= 0.6 is 0 Å². The molecule has 3 N–H and O–H groups in total. The van der Waals surface area contributed by atoms with Crippen LogP contribution in [0.3, 0.4) is 0 Å². The number of rotatable bonds is 5. The van der Waals surface area contributed by atoms with Crippen LogP contribution in [0.15, 0.2) is 42.6 Å². The molecule has 1 aliphatic rings. The summed E-state index contributed by atoms with van der Waals surface area (Å²) in [6.45, 7) is 0.896. The molecule has 0 spiro atoms. The summed E-state index contributed by atoms with van der Waals surface area (Å²) >= 11 is 0. The van der Waals surface area contributed by atoms with Crippen LogP contribution in [0.5, 0.6) is 0 Å². The summed E-state index contributed by atoms with van der Waals surface area (Å²) in [6, 6.07) is 9.13. The van der Waals surface area contributed by atoms with Crippen molar-refractivity contribution in [1.82, 2.24) is 9.88 Å². The van der Waals surface area contributed by atoms with E-state index in [-0.39, 0.29) is 17.8 Å². The monoisotopic (exact) mass is 328 g/mol. The van der Waals surface area contributed by atoms with Crippen LogP contribution in [-0.4, -0.2) is 34.3 Å². The highest BCUT2D eigenvalue weighted by Gasteiger charge is 2.30. The third-order valence-corrected chi connectivity index (χ3v) is 3.92. The van der Waals surface area contributed by atoms with Gasteiger partial charge in [-0.3, -0.25) is 9.59 Å². The highest BCUT2D eigenvalue weighted by Crippen LogP contribution is 2.20. The van der Waals surface area contributed by atoms with Crippen LogP contribution in [0.25, 0.3) is 0 Å². The number of nitrogens with zero attached hydrogens (tertiary/aromatic N) is 2. The maximum atomic E-state index is 12.9. The Labute approximate surface area is 138 Å². The number of carbonyl (C=O) groups is 2. The summed E-state index contributed by atoms with van der Waals surface area (Å²) in [7, 11) is 0. The fourth-order valence-corrected chi connectivity index (χ4v) is 2.74. The Morgan fingerprint density at radius 3 is 2.79 bits per heavy atom. The lowest BCUT2D eigenvalue weighted by Crippen LogP contribution is -2.28. The molecule has 1 saturated heterocycles. The maximum absolute atomic E-state index is 12.9. The number of carbonyl (C=O) groups excluding carboxylic acids is 2. The van der Waals surface area contributed by atoms with E-state index in [2.05, 4.69) is 10.3 Å². The van der Waals surface area contributed by atoms with Gasteiger partial charge < -0.3 is 16.0 Å². The number of nitrogens with two attached hydrogens (primary N) is 1. The molecule has 1 aromatic heterocycles. The number of aromatic nitrogens is 1. The molecule has 7 heteroatoms. The van der Waals surface area contributed by atoms with Crippen molar-refractivity contribution in [1.29, 1.82) is 0 Å². The minimum Gasteiger partial charge on any atom is -0.365 e. The van der Waals surface area contributed by atoms with Gasteiger partial charge in [-0.25, -0.2) is 9.37 Å². The Morgan fingerprint density at radius 2 is 2.08 bits per heavy atom. The first-order valence-electron chi connectivity index (χ1n) is 7.56. The Morgan fingerprint density at radius 1 is 1.33 bits per heavy atom. The number of anilines is 1. The topological polar surface area (TPSA) is 88.3 Å². The van der Waals surface area contributed by atoms with Crippen LogP contribution in [-0.2, 0) is 11.3 Å². The third-order valence-electron chi connectivity index (χ3n) is 3.92. The van der Waals surface area contributed by atoms with Gasteiger partial charge in [0.05, 0.1) is 11.6 Å². The van der Waals surface area contributed by atoms with Crippen LogP contribution in [0, 0.1) is 5.82 Å². The number of amides is 2. The molecule has 2 heterocycles. The van der Waals surface area contributed by atoms with Gasteiger partial charge in [0.2, 0.25) is 5.91 Å². The summed E-state index contributed by atoms with van der Waals surface area (Å²) in [4.78, 5) is 29.4. The second kappa shape index (κ2) is 6.66. The molecule has 2 amide bonds. The summed E-state index contributed by atoms with van der Waals surface area (Å²) < 4.78 is 12.9. The van der Waals surface area contributed by atoms with Gasteiger partial charge in [-0.15, -0.1) is 0 Å². The SMILES string of the molecule is NC(=O)c1cccnc1NC1CC(=O)N(Cc2ccc(F)cc2)C1. The first-order valence-corrected chi connectivity index (χ1v) is 7.56. The van der Waals surface area contributed by atoms with E-state index in [1.165, 1.54) is 12.1 Å². The first-order chi connectivity index (χ1) is 11.5. The molecule has 0 saturated carbocycles. The summed E-state index contributed by atoms with van der Waals surface area (Å²) in [5, 5.41) is 3.11. The van der Waals surface area contributed by atoms with Gasteiger partial charge in [-0.1, -0.05) is 12.1 Å². The number of pyridine rings is 1. The standard InChI is InChI=1S/C17H17FN4O2/c18-12-5-3-11(4-6-12)9-22-10-13(8-15(22)23)21-17-14(16(19)24)2-1-7-20-17/h1-7,13H,8-10H2,(H2,19,24)(H,20,21). The third kappa shape index (κ3) is 3.51. The molecule has 3 rings (SSSR count). The largest absolute Gasteiger partial charge is 0.365 e. The fourth-order valence-electron chi connectivity index (χ4n) is 2.74. The predicted molar refractivity (Wildman–Crippen MR) is 86.6 cm³/mol. The van der Waals surface area contributed by atoms with E-state index in [0.717, 1.165) is 5.56 Å². The number of primary amides is 1. The molecule has 6 nitrogen and oxygen atoms in total. The van der Waals surface area contributed by atoms with E-state index >= 15 is 0 Å². The summed E-state index contributed by atoms with van der Waals surface area (Å²) in [5.74, 6) is -0.502. The van der Waals surface area contributed by atoms with Crippen molar-refractivity contribution < 1.29 is 14.0 Å². The lowest BCUT2D eigenvalue weighted by Gasteiger charge is -2.18.